The molecule has 1 fully saturated rings. The molecule has 29 heavy (non-hydrogen) atoms. The molecule has 3 heterocycles. The van der Waals surface area contributed by atoms with Crippen molar-refractivity contribution in [2.45, 2.75) is 0 Å². The number of aromatic nitrogens is 3. The van der Waals surface area contributed by atoms with Crippen LogP contribution in [0.4, 0.5) is 5.82 Å². The molecule has 4 rings (SSSR count). The second-order valence-corrected chi connectivity index (χ2v) is 7.06. The summed E-state index contributed by atoms with van der Waals surface area (Å²) < 4.78 is 5.55. The summed E-state index contributed by atoms with van der Waals surface area (Å²) in [6, 6.07) is 14.8. The summed E-state index contributed by atoms with van der Waals surface area (Å²) in [5.74, 6) is 1.36. The van der Waals surface area contributed by atoms with Crippen LogP contribution in [0.2, 0.25) is 5.02 Å². The van der Waals surface area contributed by atoms with E-state index in [4.69, 9.17) is 16.3 Å². The fourth-order valence-corrected chi connectivity index (χ4v) is 3.33. The Kier molecular flexibility index (Phi) is 5.86. The molecule has 1 saturated heterocycles. The number of carbonyl (C=O) groups excluding carboxylic acids is 1. The first kappa shape index (κ1) is 19.1. The SMILES string of the molecule is O=C(COc1cccc(Cl)c1)N1CCN(c2ccc(-c3ccncc3)nn2)CC1. The molecule has 1 aromatic carbocycles. The summed E-state index contributed by atoms with van der Waals surface area (Å²) in [6.45, 7) is 2.64. The minimum Gasteiger partial charge on any atom is -0.484 e. The van der Waals surface area contributed by atoms with E-state index in [1.54, 1.807) is 41.6 Å². The van der Waals surface area contributed by atoms with Gasteiger partial charge in [0, 0.05) is 49.2 Å². The molecule has 0 unspecified atom stereocenters. The van der Waals surface area contributed by atoms with Crippen molar-refractivity contribution in [2.24, 2.45) is 0 Å². The lowest BCUT2D eigenvalue weighted by Gasteiger charge is -2.35. The van der Waals surface area contributed by atoms with Gasteiger partial charge in [0.15, 0.2) is 12.4 Å². The van der Waals surface area contributed by atoms with Crippen molar-refractivity contribution >= 4 is 23.3 Å². The van der Waals surface area contributed by atoms with Gasteiger partial charge in [0.25, 0.3) is 5.91 Å². The van der Waals surface area contributed by atoms with Gasteiger partial charge in [0.1, 0.15) is 5.75 Å². The second kappa shape index (κ2) is 8.87. The normalized spacial score (nSPS) is 14.0. The maximum atomic E-state index is 12.4. The Balaban J connectivity index is 1.29. The van der Waals surface area contributed by atoms with Crippen molar-refractivity contribution in [1.29, 1.82) is 0 Å². The Morgan fingerprint density at radius 3 is 2.48 bits per heavy atom. The number of ether oxygens (including phenoxy) is 1. The lowest BCUT2D eigenvalue weighted by Crippen LogP contribution is -2.50. The van der Waals surface area contributed by atoms with Gasteiger partial charge in [0.05, 0.1) is 5.69 Å². The zero-order valence-electron chi connectivity index (χ0n) is 15.7. The molecule has 7 nitrogen and oxygen atoms in total. The van der Waals surface area contributed by atoms with E-state index >= 15 is 0 Å². The van der Waals surface area contributed by atoms with E-state index in [1.165, 1.54) is 0 Å². The van der Waals surface area contributed by atoms with Crippen LogP contribution in [0, 0.1) is 0 Å². The molecule has 1 amide bonds. The van der Waals surface area contributed by atoms with Crippen LogP contribution in [-0.4, -0.2) is 58.8 Å². The van der Waals surface area contributed by atoms with E-state index in [2.05, 4.69) is 20.1 Å². The molecule has 3 aromatic rings. The molecule has 0 spiro atoms. The average molecular weight is 410 g/mol. The molecule has 0 bridgehead atoms. The molecule has 8 heteroatoms. The van der Waals surface area contributed by atoms with Crippen LogP contribution in [0.1, 0.15) is 0 Å². The Morgan fingerprint density at radius 1 is 1.00 bits per heavy atom. The number of carbonyl (C=O) groups is 1. The average Bonchev–Trinajstić information content (AvgIpc) is 2.78. The zero-order chi connectivity index (χ0) is 20.1. The lowest BCUT2D eigenvalue weighted by atomic mass is 10.2. The van der Waals surface area contributed by atoms with Gasteiger partial charge in [-0.2, -0.15) is 0 Å². The fraction of sp³-hybridized carbons (Fsp3) is 0.238. The van der Waals surface area contributed by atoms with E-state index in [0.717, 1.165) is 17.1 Å². The van der Waals surface area contributed by atoms with E-state index in [0.29, 0.717) is 37.0 Å². The Bertz CT molecular complexity index is 960. The highest BCUT2D eigenvalue weighted by molar-refractivity contribution is 6.30. The van der Waals surface area contributed by atoms with Crippen molar-refractivity contribution < 1.29 is 9.53 Å². The van der Waals surface area contributed by atoms with Crippen molar-refractivity contribution in [3.8, 4) is 17.0 Å². The molecule has 2 aromatic heterocycles. The van der Waals surface area contributed by atoms with E-state index < -0.39 is 0 Å². The van der Waals surface area contributed by atoms with Gasteiger partial charge >= 0.3 is 0 Å². The maximum Gasteiger partial charge on any atom is 0.260 e. The predicted molar refractivity (Wildman–Crippen MR) is 111 cm³/mol. The summed E-state index contributed by atoms with van der Waals surface area (Å²) >= 11 is 5.93. The van der Waals surface area contributed by atoms with Crippen molar-refractivity contribution in [1.82, 2.24) is 20.1 Å². The molecule has 0 atom stereocenters. The first-order valence-electron chi connectivity index (χ1n) is 9.34. The van der Waals surface area contributed by atoms with Crippen LogP contribution in [0.3, 0.4) is 0 Å². The fourth-order valence-electron chi connectivity index (χ4n) is 3.15. The number of hydrogen-bond donors (Lipinski definition) is 0. The highest BCUT2D eigenvalue weighted by Crippen LogP contribution is 2.19. The van der Waals surface area contributed by atoms with E-state index in [-0.39, 0.29) is 12.5 Å². The third-order valence-corrected chi connectivity index (χ3v) is 4.98. The van der Waals surface area contributed by atoms with Crippen LogP contribution in [-0.2, 0) is 4.79 Å². The number of pyridine rings is 1. The highest BCUT2D eigenvalue weighted by Gasteiger charge is 2.22. The Morgan fingerprint density at radius 2 is 1.79 bits per heavy atom. The third kappa shape index (κ3) is 4.81. The topological polar surface area (TPSA) is 71.5 Å². The summed E-state index contributed by atoms with van der Waals surface area (Å²) in [6.07, 6.45) is 3.47. The third-order valence-electron chi connectivity index (χ3n) is 4.74. The first-order valence-corrected chi connectivity index (χ1v) is 9.72. The minimum absolute atomic E-state index is 0.000771. The number of piperazine rings is 1. The number of halogens is 1. The number of hydrogen-bond acceptors (Lipinski definition) is 6. The summed E-state index contributed by atoms with van der Waals surface area (Å²) in [5.41, 5.74) is 1.79. The molecule has 0 saturated carbocycles. The number of anilines is 1. The van der Waals surface area contributed by atoms with Crippen LogP contribution >= 0.6 is 11.6 Å². The standard InChI is InChI=1S/C21H20ClN5O2/c22-17-2-1-3-18(14-17)29-15-21(28)27-12-10-26(11-13-27)20-5-4-19(24-25-20)16-6-8-23-9-7-16/h1-9,14H,10-13,15H2. The maximum absolute atomic E-state index is 12.4. The summed E-state index contributed by atoms with van der Waals surface area (Å²) in [5, 5.41) is 9.25. The lowest BCUT2D eigenvalue weighted by molar-refractivity contribution is -0.133. The molecular formula is C21H20ClN5O2. The Hall–Kier alpha value is -3.19. The largest absolute Gasteiger partial charge is 0.484 e. The van der Waals surface area contributed by atoms with Crippen LogP contribution in [0.25, 0.3) is 11.3 Å². The van der Waals surface area contributed by atoms with Crippen molar-refractivity contribution in [2.75, 3.05) is 37.7 Å². The van der Waals surface area contributed by atoms with Crippen molar-refractivity contribution in [3.63, 3.8) is 0 Å². The van der Waals surface area contributed by atoms with Gasteiger partial charge in [-0.3, -0.25) is 9.78 Å². The molecule has 1 aliphatic rings. The minimum atomic E-state index is -0.0382. The quantitative estimate of drug-likeness (QED) is 0.645. The van der Waals surface area contributed by atoms with Gasteiger partial charge in [-0.25, -0.2) is 0 Å². The van der Waals surface area contributed by atoms with Crippen LogP contribution in [0.15, 0.2) is 60.9 Å². The van der Waals surface area contributed by atoms with Gasteiger partial charge in [-0.15, -0.1) is 10.2 Å². The van der Waals surface area contributed by atoms with E-state index in [9.17, 15) is 4.79 Å². The van der Waals surface area contributed by atoms with Crippen LogP contribution < -0.4 is 9.64 Å². The molecule has 0 N–H and O–H groups in total. The van der Waals surface area contributed by atoms with Gasteiger partial charge in [-0.1, -0.05) is 17.7 Å². The van der Waals surface area contributed by atoms with Crippen molar-refractivity contribution in [3.05, 3.63) is 65.9 Å². The highest BCUT2D eigenvalue weighted by atomic mass is 35.5. The number of amides is 1. The first-order chi connectivity index (χ1) is 14.2. The summed E-state index contributed by atoms with van der Waals surface area (Å²) in [4.78, 5) is 20.4. The van der Waals surface area contributed by atoms with Gasteiger partial charge in [-0.05, 0) is 42.5 Å². The van der Waals surface area contributed by atoms with Gasteiger partial charge in [0.2, 0.25) is 0 Å². The van der Waals surface area contributed by atoms with Crippen LogP contribution in [0.5, 0.6) is 5.75 Å². The predicted octanol–water partition coefficient (Wildman–Crippen LogP) is 2.92. The molecular weight excluding hydrogens is 390 g/mol. The monoisotopic (exact) mass is 409 g/mol. The number of nitrogens with zero attached hydrogens (tertiary/aromatic N) is 5. The number of benzene rings is 1. The summed E-state index contributed by atoms with van der Waals surface area (Å²) in [7, 11) is 0. The molecule has 0 radical (unpaired) electrons. The molecule has 148 valence electrons. The second-order valence-electron chi connectivity index (χ2n) is 6.63. The smallest absolute Gasteiger partial charge is 0.260 e. The van der Waals surface area contributed by atoms with E-state index in [1.807, 2.05) is 24.3 Å². The Labute approximate surface area is 173 Å². The molecule has 1 aliphatic heterocycles. The number of rotatable bonds is 5. The zero-order valence-corrected chi connectivity index (χ0v) is 16.5. The van der Waals surface area contributed by atoms with Gasteiger partial charge < -0.3 is 14.5 Å². The molecule has 0 aliphatic carbocycles.